The van der Waals surface area contributed by atoms with Crippen LogP contribution in [0.2, 0.25) is 0 Å². The van der Waals surface area contributed by atoms with Gasteiger partial charge in [0.1, 0.15) is 0 Å². The van der Waals surface area contributed by atoms with E-state index in [-0.39, 0.29) is 12.8 Å². The van der Waals surface area contributed by atoms with Gasteiger partial charge < -0.3 is 4.74 Å². The van der Waals surface area contributed by atoms with Crippen LogP contribution in [0.4, 0.5) is 0 Å². The van der Waals surface area contributed by atoms with E-state index in [2.05, 4.69) is 13.8 Å². The Morgan fingerprint density at radius 3 is 1.19 bits per heavy atom. The highest BCUT2D eigenvalue weighted by molar-refractivity contribution is 7.88. The number of hydrogen-bond acceptors (Lipinski definition) is 4. The Labute approximate surface area is 192 Å². The molecule has 0 aromatic carbocycles. The highest BCUT2D eigenvalue weighted by Gasteiger charge is 2.50. The second-order valence-corrected chi connectivity index (χ2v) is 10.8. The smallest absolute Gasteiger partial charge is 0.329 e. The SMILES string of the molecule is CCCCCCCCCCCCC(CCCCCCCCCC)(C(=O)OC)S(=O)(=O)O. The maximum atomic E-state index is 12.4. The van der Waals surface area contributed by atoms with E-state index in [0.29, 0.717) is 12.8 Å². The maximum Gasteiger partial charge on any atom is 0.329 e. The van der Waals surface area contributed by atoms with Crippen LogP contribution in [0.1, 0.15) is 142 Å². The average molecular weight is 463 g/mol. The number of carbonyl (C=O) groups is 1. The summed E-state index contributed by atoms with van der Waals surface area (Å²) in [6, 6.07) is 0. The number of ether oxygens (including phenoxy) is 1. The van der Waals surface area contributed by atoms with Gasteiger partial charge in [-0.05, 0) is 12.8 Å². The first kappa shape index (κ1) is 30.4. The van der Waals surface area contributed by atoms with E-state index in [1.165, 1.54) is 71.3 Å². The quantitative estimate of drug-likeness (QED) is 0.102. The standard InChI is InChI=1S/C25H50O5S/c1-4-6-8-10-12-14-15-17-19-21-23-25(24(26)30-3,31(27,28)29)22-20-18-16-13-11-9-7-5-2/h4-23H2,1-3H3,(H,27,28,29). The molecule has 5 nitrogen and oxygen atoms in total. The molecule has 31 heavy (non-hydrogen) atoms. The number of carbonyl (C=O) groups excluding carboxylic acids is 1. The molecule has 1 N–H and O–H groups in total. The Kier molecular flexibility index (Phi) is 18.5. The molecule has 0 fully saturated rings. The van der Waals surface area contributed by atoms with Crippen LogP contribution in [0, 0.1) is 0 Å². The van der Waals surface area contributed by atoms with Crippen LogP contribution < -0.4 is 0 Å². The number of unbranched alkanes of at least 4 members (excludes halogenated alkanes) is 16. The second-order valence-electron chi connectivity index (χ2n) is 9.12. The van der Waals surface area contributed by atoms with Crippen LogP contribution in [-0.2, 0) is 19.6 Å². The number of rotatable bonds is 22. The lowest BCUT2D eigenvalue weighted by molar-refractivity contribution is -0.144. The van der Waals surface area contributed by atoms with Crippen LogP contribution in [0.15, 0.2) is 0 Å². The molecule has 0 rings (SSSR count). The van der Waals surface area contributed by atoms with Crippen molar-refractivity contribution in [3.05, 3.63) is 0 Å². The van der Waals surface area contributed by atoms with E-state index < -0.39 is 20.8 Å². The molecule has 0 aliphatic carbocycles. The molecule has 0 radical (unpaired) electrons. The van der Waals surface area contributed by atoms with Crippen LogP contribution in [0.25, 0.3) is 0 Å². The van der Waals surface area contributed by atoms with E-state index in [1.807, 2.05) is 0 Å². The van der Waals surface area contributed by atoms with Gasteiger partial charge in [0.05, 0.1) is 7.11 Å². The first-order valence-electron chi connectivity index (χ1n) is 12.9. The molecule has 0 aromatic heterocycles. The highest BCUT2D eigenvalue weighted by atomic mass is 32.2. The molecular weight excluding hydrogens is 412 g/mol. The summed E-state index contributed by atoms with van der Waals surface area (Å²) in [6.07, 6.45) is 20.2. The molecule has 0 bridgehead atoms. The third-order valence-electron chi connectivity index (χ3n) is 6.42. The van der Waals surface area contributed by atoms with Crippen LogP contribution >= 0.6 is 0 Å². The van der Waals surface area contributed by atoms with Gasteiger partial charge >= 0.3 is 5.97 Å². The van der Waals surface area contributed by atoms with Gasteiger partial charge in [-0.2, -0.15) is 8.42 Å². The molecule has 1 atom stereocenters. The zero-order valence-corrected chi connectivity index (χ0v) is 21.4. The molecule has 0 saturated carbocycles. The minimum Gasteiger partial charge on any atom is -0.468 e. The molecule has 1 unspecified atom stereocenters. The zero-order chi connectivity index (χ0) is 23.4. The maximum absolute atomic E-state index is 12.4. The molecule has 0 spiro atoms. The van der Waals surface area contributed by atoms with Crippen molar-refractivity contribution in [1.29, 1.82) is 0 Å². The van der Waals surface area contributed by atoms with Gasteiger partial charge in [-0.25, -0.2) is 0 Å². The molecule has 0 aromatic rings. The number of esters is 1. The highest BCUT2D eigenvalue weighted by Crippen LogP contribution is 2.32. The average Bonchev–Trinajstić information content (AvgIpc) is 2.74. The fraction of sp³-hybridized carbons (Fsp3) is 0.960. The van der Waals surface area contributed by atoms with Gasteiger partial charge in [-0.3, -0.25) is 9.35 Å². The molecule has 0 aliphatic rings. The summed E-state index contributed by atoms with van der Waals surface area (Å²) in [5, 5.41) is 0. The molecule has 0 heterocycles. The predicted octanol–water partition coefficient (Wildman–Crippen LogP) is 7.63. The summed E-state index contributed by atoms with van der Waals surface area (Å²) in [6.45, 7) is 4.41. The lowest BCUT2D eigenvalue weighted by Gasteiger charge is -2.28. The predicted molar refractivity (Wildman–Crippen MR) is 130 cm³/mol. The minimum absolute atomic E-state index is 0.144. The summed E-state index contributed by atoms with van der Waals surface area (Å²) in [7, 11) is -3.32. The van der Waals surface area contributed by atoms with Gasteiger partial charge in [0.25, 0.3) is 10.1 Å². The Morgan fingerprint density at radius 2 is 0.935 bits per heavy atom. The zero-order valence-electron chi connectivity index (χ0n) is 20.6. The van der Waals surface area contributed by atoms with E-state index in [1.54, 1.807) is 0 Å². The van der Waals surface area contributed by atoms with Gasteiger partial charge in [0.15, 0.2) is 4.75 Å². The molecule has 0 saturated heterocycles. The summed E-state index contributed by atoms with van der Waals surface area (Å²) in [5.74, 6) is -0.811. The van der Waals surface area contributed by atoms with Crippen molar-refractivity contribution in [3.63, 3.8) is 0 Å². The van der Waals surface area contributed by atoms with E-state index >= 15 is 0 Å². The van der Waals surface area contributed by atoms with Crippen molar-refractivity contribution in [2.24, 2.45) is 0 Å². The molecular formula is C25H50O5S. The van der Waals surface area contributed by atoms with E-state index in [9.17, 15) is 17.8 Å². The molecule has 186 valence electrons. The van der Waals surface area contributed by atoms with Gasteiger partial charge in [-0.15, -0.1) is 0 Å². The number of hydrogen-bond donors (Lipinski definition) is 1. The van der Waals surface area contributed by atoms with Crippen molar-refractivity contribution in [2.45, 2.75) is 147 Å². The third-order valence-corrected chi connectivity index (χ3v) is 7.98. The molecule has 0 aliphatic heterocycles. The van der Waals surface area contributed by atoms with Crippen molar-refractivity contribution in [2.75, 3.05) is 7.11 Å². The molecule has 6 heteroatoms. The lowest BCUT2D eigenvalue weighted by Crippen LogP contribution is -2.47. The van der Waals surface area contributed by atoms with Crippen LogP contribution in [-0.4, -0.2) is 30.8 Å². The fourth-order valence-corrected chi connectivity index (χ4v) is 5.42. The van der Waals surface area contributed by atoms with Gasteiger partial charge in [0, 0.05) is 0 Å². The first-order valence-corrected chi connectivity index (χ1v) is 14.3. The van der Waals surface area contributed by atoms with Crippen molar-refractivity contribution >= 4 is 16.1 Å². The van der Waals surface area contributed by atoms with Crippen LogP contribution in [0.3, 0.4) is 0 Å². The second kappa shape index (κ2) is 18.9. The summed E-state index contributed by atoms with van der Waals surface area (Å²) in [4.78, 5) is 12.4. The summed E-state index contributed by atoms with van der Waals surface area (Å²) < 4.78 is 37.4. The summed E-state index contributed by atoms with van der Waals surface area (Å²) >= 11 is 0. The van der Waals surface area contributed by atoms with Gasteiger partial charge in [-0.1, -0.05) is 129 Å². The third kappa shape index (κ3) is 13.5. The monoisotopic (exact) mass is 462 g/mol. The lowest BCUT2D eigenvalue weighted by atomic mass is 9.93. The van der Waals surface area contributed by atoms with Crippen molar-refractivity contribution in [1.82, 2.24) is 0 Å². The van der Waals surface area contributed by atoms with Crippen molar-refractivity contribution in [3.8, 4) is 0 Å². The Bertz CT molecular complexity index is 532. The number of methoxy groups -OCH3 is 1. The van der Waals surface area contributed by atoms with Crippen molar-refractivity contribution < 1.29 is 22.5 Å². The topological polar surface area (TPSA) is 80.7 Å². The first-order chi connectivity index (χ1) is 14.9. The van der Waals surface area contributed by atoms with Gasteiger partial charge in [0.2, 0.25) is 0 Å². The van der Waals surface area contributed by atoms with Crippen LogP contribution in [0.5, 0.6) is 0 Å². The Balaban J connectivity index is 4.43. The fourth-order valence-electron chi connectivity index (χ4n) is 4.32. The Morgan fingerprint density at radius 1 is 0.645 bits per heavy atom. The summed E-state index contributed by atoms with van der Waals surface area (Å²) in [5.41, 5.74) is 0. The largest absolute Gasteiger partial charge is 0.468 e. The normalized spacial score (nSPS) is 13.8. The van der Waals surface area contributed by atoms with E-state index in [0.717, 1.165) is 38.5 Å². The van der Waals surface area contributed by atoms with E-state index in [4.69, 9.17) is 4.74 Å². The minimum atomic E-state index is -4.53. The Hall–Kier alpha value is -0.620. The molecule has 0 amide bonds.